The first-order chi connectivity index (χ1) is 20.4. The van der Waals surface area contributed by atoms with Crippen LogP contribution in [0.15, 0.2) is 35.4 Å². The summed E-state index contributed by atoms with van der Waals surface area (Å²) in [7, 11) is 3.12. The molecule has 0 bridgehead atoms. The summed E-state index contributed by atoms with van der Waals surface area (Å²) in [6, 6.07) is 5.02. The molecule has 2 fully saturated rings. The van der Waals surface area contributed by atoms with E-state index >= 15 is 0 Å². The monoisotopic (exact) mass is 617 g/mol. The lowest BCUT2D eigenvalue weighted by atomic mass is 10.1. The molecule has 0 spiro atoms. The second-order valence-electron chi connectivity index (χ2n) is 9.74. The van der Waals surface area contributed by atoms with Gasteiger partial charge < -0.3 is 30.4 Å². The SMILES string of the molecule is [B][P+]1(O)OC[C@H]2O[C@@H](n3cnc4c(=O)[nH]c(N)nc43)C(OC(=O)CCC(=O)NC(Cc3ccc(O)cc3)C(=O)OC)[C@H]2O1. The molecule has 226 valence electrons. The van der Waals surface area contributed by atoms with E-state index in [0.29, 0.717) is 5.56 Å². The Morgan fingerprint density at radius 2 is 2.05 bits per heavy atom. The van der Waals surface area contributed by atoms with E-state index in [2.05, 4.69) is 20.3 Å². The number of nitrogens with zero attached hydrogens (tertiary/aromatic N) is 3. The summed E-state index contributed by atoms with van der Waals surface area (Å²) in [6.07, 6.45) is -3.75. The highest BCUT2D eigenvalue weighted by atomic mass is 31.2. The fourth-order valence-electron chi connectivity index (χ4n) is 4.73. The summed E-state index contributed by atoms with van der Waals surface area (Å²) in [4.78, 5) is 70.9. The molecular formula is C24H27BN6O11P+. The van der Waals surface area contributed by atoms with Crippen molar-refractivity contribution in [3.05, 3.63) is 46.5 Å². The number of carbonyl (C=O) groups is 3. The average molecular weight is 617 g/mol. The number of esters is 2. The number of rotatable bonds is 9. The molecule has 6 N–H and O–H groups in total. The second-order valence-corrected chi connectivity index (χ2v) is 11.3. The largest absolute Gasteiger partial charge is 0.508 e. The van der Waals surface area contributed by atoms with E-state index in [1.807, 2.05) is 0 Å². The second kappa shape index (κ2) is 12.3. The number of nitrogens with one attached hydrogen (secondary N) is 2. The summed E-state index contributed by atoms with van der Waals surface area (Å²) < 4.78 is 28.4. The van der Waals surface area contributed by atoms with Gasteiger partial charge in [0, 0.05) is 12.8 Å². The molecule has 43 heavy (non-hydrogen) atoms. The topological polar surface area (TPSA) is 239 Å². The van der Waals surface area contributed by atoms with Crippen LogP contribution in [0.2, 0.25) is 0 Å². The number of phenolic OH excluding ortho intramolecular Hbond substituents is 1. The molecule has 4 heterocycles. The minimum Gasteiger partial charge on any atom is -0.508 e. The molecule has 2 radical (unpaired) electrons. The van der Waals surface area contributed by atoms with Gasteiger partial charge in [-0.1, -0.05) is 12.1 Å². The van der Waals surface area contributed by atoms with Crippen molar-refractivity contribution in [1.29, 1.82) is 0 Å². The van der Waals surface area contributed by atoms with Crippen molar-refractivity contribution >= 4 is 50.3 Å². The molecule has 2 saturated heterocycles. The van der Waals surface area contributed by atoms with E-state index in [1.54, 1.807) is 12.1 Å². The molecule has 19 heteroatoms. The molecule has 0 aliphatic carbocycles. The van der Waals surface area contributed by atoms with Crippen LogP contribution < -0.4 is 16.6 Å². The summed E-state index contributed by atoms with van der Waals surface area (Å²) in [5.74, 6) is -2.32. The summed E-state index contributed by atoms with van der Waals surface area (Å²) in [5.41, 5.74) is 5.73. The van der Waals surface area contributed by atoms with E-state index < -0.39 is 68.2 Å². The number of amides is 1. The number of hydrogen-bond donors (Lipinski definition) is 5. The Morgan fingerprint density at radius 3 is 2.77 bits per heavy atom. The number of H-pyrrole nitrogens is 1. The van der Waals surface area contributed by atoms with Crippen molar-refractivity contribution in [1.82, 2.24) is 24.8 Å². The Labute approximate surface area is 244 Å². The Kier molecular flexibility index (Phi) is 8.66. The number of benzene rings is 1. The standard InChI is InChI=1S/C24H27BN6O11P/c1-38-23(36)13(8-11-2-4-12(32)5-3-11)28-15(33)6-7-16(34)41-19-18-14(9-39-43(25,37)42-18)40-22(19)31-10-27-17-20(31)29-24(26)30-21(17)35/h2-5,10,13-14,18-19,22,32,37H,6-9H2,1H3,(H,28,33)(H3,26,29,30,35)/q+1/t13?,14-,18+,19?,22-,43?/m1/s1. The third kappa shape index (κ3) is 6.78. The molecule has 17 nitrogen and oxygen atoms in total. The van der Waals surface area contributed by atoms with Crippen molar-refractivity contribution in [2.45, 2.75) is 49.8 Å². The third-order valence-corrected chi connectivity index (χ3v) is 7.79. The van der Waals surface area contributed by atoms with Gasteiger partial charge in [-0.05, 0) is 17.7 Å². The maximum absolute atomic E-state index is 13.0. The van der Waals surface area contributed by atoms with Gasteiger partial charge in [-0.15, -0.1) is 0 Å². The van der Waals surface area contributed by atoms with Gasteiger partial charge in [0.1, 0.15) is 24.5 Å². The number of carbonyl (C=O) groups excluding carboxylic acids is 3. The number of ether oxygens (including phenoxy) is 3. The molecule has 6 atom stereocenters. The maximum Gasteiger partial charge on any atom is 0.488 e. The van der Waals surface area contributed by atoms with Crippen LogP contribution in [0.25, 0.3) is 11.2 Å². The number of fused-ring (bicyclic) bond motifs is 2. The number of anilines is 1. The third-order valence-electron chi connectivity index (χ3n) is 6.73. The van der Waals surface area contributed by atoms with Crippen LogP contribution in [0, 0.1) is 0 Å². The number of hydrogen-bond acceptors (Lipinski definition) is 14. The van der Waals surface area contributed by atoms with E-state index in [0.717, 1.165) is 0 Å². The Morgan fingerprint density at radius 1 is 1.30 bits per heavy atom. The normalized spacial score (nSPS) is 25.5. The number of aromatic hydroxyl groups is 1. The van der Waals surface area contributed by atoms with E-state index in [9.17, 15) is 29.2 Å². The molecule has 2 aliphatic rings. The van der Waals surface area contributed by atoms with Crippen molar-refractivity contribution in [2.24, 2.45) is 0 Å². The number of phenols is 1. The molecule has 2 aromatic heterocycles. The van der Waals surface area contributed by atoms with Gasteiger partial charge in [0.15, 0.2) is 29.6 Å². The van der Waals surface area contributed by atoms with Gasteiger partial charge in [0.25, 0.3) is 5.56 Å². The van der Waals surface area contributed by atoms with Gasteiger partial charge in [0.2, 0.25) is 11.9 Å². The van der Waals surface area contributed by atoms with Gasteiger partial charge in [-0.25, -0.2) is 14.7 Å². The zero-order chi connectivity index (χ0) is 30.9. The number of nitrogens with two attached hydrogens (primary N) is 1. The Hall–Kier alpha value is -4.09. The van der Waals surface area contributed by atoms with Crippen LogP contribution >= 0.6 is 7.82 Å². The number of imidazole rings is 1. The van der Waals surface area contributed by atoms with Crippen molar-refractivity contribution in [2.75, 3.05) is 19.5 Å². The average Bonchev–Trinajstić information content (AvgIpc) is 3.52. The first-order valence-corrected chi connectivity index (χ1v) is 14.5. The number of methoxy groups -OCH3 is 1. The van der Waals surface area contributed by atoms with E-state index in [1.165, 1.54) is 30.1 Å². The smallest absolute Gasteiger partial charge is 0.488 e. The van der Waals surface area contributed by atoms with Gasteiger partial charge >= 0.3 is 27.3 Å². The predicted molar refractivity (Wildman–Crippen MR) is 147 cm³/mol. The van der Waals surface area contributed by atoms with Gasteiger partial charge in [0.05, 0.1) is 19.9 Å². The highest BCUT2D eigenvalue weighted by Crippen LogP contribution is 2.59. The lowest BCUT2D eigenvalue weighted by Gasteiger charge is -2.29. The number of nitrogen functional groups attached to an aromatic ring is 1. The molecule has 1 amide bonds. The number of aromatic amines is 1. The lowest BCUT2D eigenvalue weighted by molar-refractivity contribution is -0.158. The maximum atomic E-state index is 13.0. The molecule has 3 unspecified atom stereocenters. The quantitative estimate of drug-likeness (QED) is 0.112. The van der Waals surface area contributed by atoms with Crippen LogP contribution in [0.1, 0.15) is 24.6 Å². The minimum absolute atomic E-state index is 0.0338. The summed E-state index contributed by atoms with van der Waals surface area (Å²) in [5, 5.41) is 12.0. The van der Waals surface area contributed by atoms with Crippen LogP contribution in [-0.4, -0.2) is 93.0 Å². The van der Waals surface area contributed by atoms with Crippen LogP contribution in [-0.2, 0) is 44.1 Å². The van der Waals surface area contributed by atoms with Gasteiger partial charge in [-0.2, -0.15) is 14.0 Å². The molecule has 3 aromatic rings. The number of aromatic nitrogens is 4. The highest BCUT2D eigenvalue weighted by Gasteiger charge is 2.59. The first kappa shape index (κ1) is 30.4. The van der Waals surface area contributed by atoms with Crippen molar-refractivity contribution in [3.8, 4) is 5.75 Å². The van der Waals surface area contributed by atoms with E-state index in [-0.39, 0.29) is 42.3 Å². The van der Waals surface area contributed by atoms with E-state index in [4.69, 9.17) is 36.6 Å². The zero-order valence-electron chi connectivity index (χ0n) is 22.6. The summed E-state index contributed by atoms with van der Waals surface area (Å²) >= 11 is 0. The van der Waals surface area contributed by atoms with Crippen molar-refractivity contribution in [3.63, 3.8) is 0 Å². The lowest BCUT2D eigenvalue weighted by Crippen LogP contribution is -2.44. The molecular weight excluding hydrogens is 590 g/mol. The minimum atomic E-state index is -3.75. The van der Waals surface area contributed by atoms with Crippen LogP contribution in [0.5, 0.6) is 5.75 Å². The zero-order valence-corrected chi connectivity index (χ0v) is 23.5. The first-order valence-electron chi connectivity index (χ1n) is 12.9. The van der Waals surface area contributed by atoms with Gasteiger partial charge in [-0.3, -0.25) is 23.9 Å². The summed E-state index contributed by atoms with van der Waals surface area (Å²) in [6.45, 7) is -0.183. The predicted octanol–water partition coefficient (Wildman–Crippen LogP) is -0.849. The van der Waals surface area contributed by atoms with Crippen LogP contribution in [0.3, 0.4) is 0 Å². The molecule has 0 saturated carbocycles. The fraction of sp³-hybridized carbons (Fsp3) is 0.417. The molecule has 1 aromatic carbocycles. The van der Waals surface area contributed by atoms with Crippen LogP contribution in [0.4, 0.5) is 5.95 Å². The fourth-order valence-corrected chi connectivity index (χ4v) is 5.76. The van der Waals surface area contributed by atoms with Crippen molar-refractivity contribution < 1.29 is 47.6 Å². The molecule has 5 rings (SSSR count). The molecule has 2 aliphatic heterocycles. The highest BCUT2D eigenvalue weighted by molar-refractivity contribution is 7.85. The Balaban J connectivity index is 1.28. The Bertz CT molecular complexity index is 1580.